The van der Waals surface area contributed by atoms with E-state index in [0.717, 1.165) is 36.8 Å². The monoisotopic (exact) mass is 273 g/mol. The average molecular weight is 273 g/mol. The van der Waals surface area contributed by atoms with Crippen LogP contribution in [0.3, 0.4) is 0 Å². The normalized spacial score (nSPS) is 25.9. The van der Waals surface area contributed by atoms with E-state index in [1.807, 2.05) is 24.3 Å². The van der Waals surface area contributed by atoms with Crippen molar-refractivity contribution in [3.63, 3.8) is 0 Å². The first kappa shape index (κ1) is 13.3. The zero-order valence-electron chi connectivity index (χ0n) is 11.4. The molecular weight excluding hydrogens is 254 g/mol. The predicted octanol–water partition coefficient (Wildman–Crippen LogP) is 1.85. The minimum Gasteiger partial charge on any atom is -0.392 e. The molecule has 106 valence electrons. The van der Waals surface area contributed by atoms with Crippen LogP contribution in [0.15, 0.2) is 24.3 Å². The largest absolute Gasteiger partial charge is 0.392 e. The summed E-state index contributed by atoms with van der Waals surface area (Å²) >= 11 is 0. The molecule has 1 heterocycles. The van der Waals surface area contributed by atoms with Crippen molar-refractivity contribution >= 4 is 11.8 Å². The molecule has 1 aromatic carbocycles. The van der Waals surface area contributed by atoms with Crippen LogP contribution in [0, 0.1) is 11.8 Å². The second-order valence-electron chi connectivity index (χ2n) is 5.73. The molecule has 20 heavy (non-hydrogen) atoms. The highest BCUT2D eigenvalue weighted by Gasteiger charge is 2.47. The number of hydrogen-bond donors (Lipinski definition) is 1. The summed E-state index contributed by atoms with van der Waals surface area (Å²) in [6.07, 6.45) is 3.82. The Hall–Kier alpha value is -1.68. The highest BCUT2D eigenvalue weighted by molar-refractivity contribution is 6.05. The lowest BCUT2D eigenvalue weighted by Gasteiger charge is -2.19. The van der Waals surface area contributed by atoms with E-state index in [4.69, 9.17) is 5.11 Å². The van der Waals surface area contributed by atoms with Crippen LogP contribution in [0.2, 0.25) is 0 Å². The molecule has 1 aliphatic carbocycles. The highest BCUT2D eigenvalue weighted by atomic mass is 16.3. The third kappa shape index (κ3) is 2.24. The molecule has 2 fully saturated rings. The van der Waals surface area contributed by atoms with Gasteiger partial charge in [0.2, 0.25) is 11.8 Å². The van der Waals surface area contributed by atoms with E-state index in [2.05, 4.69) is 0 Å². The summed E-state index contributed by atoms with van der Waals surface area (Å²) in [5.74, 6) is -0.141. The summed E-state index contributed by atoms with van der Waals surface area (Å²) in [4.78, 5) is 26.1. The highest BCUT2D eigenvalue weighted by Crippen LogP contribution is 2.38. The van der Waals surface area contributed by atoms with Gasteiger partial charge in [0.15, 0.2) is 0 Å². The quantitative estimate of drug-likeness (QED) is 0.855. The summed E-state index contributed by atoms with van der Waals surface area (Å²) in [6, 6.07) is 7.39. The van der Waals surface area contributed by atoms with Crippen LogP contribution >= 0.6 is 0 Å². The minimum absolute atomic E-state index is 0.00550. The van der Waals surface area contributed by atoms with Gasteiger partial charge in [0.05, 0.1) is 25.0 Å². The zero-order valence-corrected chi connectivity index (χ0v) is 11.4. The molecule has 2 unspecified atom stereocenters. The maximum atomic E-state index is 12.3. The average Bonchev–Trinajstić information content (AvgIpc) is 2.74. The number of hydrogen-bond acceptors (Lipinski definition) is 3. The number of imide groups is 1. The molecule has 4 heteroatoms. The van der Waals surface area contributed by atoms with E-state index in [-0.39, 0.29) is 30.3 Å². The predicted molar refractivity (Wildman–Crippen MR) is 73.4 cm³/mol. The topological polar surface area (TPSA) is 57.6 Å². The molecule has 2 aliphatic rings. The van der Waals surface area contributed by atoms with Gasteiger partial charge in [0.1, 0.15) is 0 Å². The molecule has 0 spiro atoms. The number of amides is 2. The van der Waals surface area contributed by atoms with Gasteiger partial charge >= 0.3 is 0 Å². The van der Waals surface area contributed by atoms with Crippen molar-refractivity contribution in [2.45, 2.75) is 38.8 Å². The molecule has 1 saturated heterocycles. The van der Waals surface area contributed by atoms with E-state index in [1.54, 1.807) is 0 Å². The van der Waals surface area contributed by atoms with Gasteiger partial charge < -0.3 is 5.11 Å². The number of nitrogens with zero attached hydrogens (tertiary/aromatic N) is 1. The number of carbonyl (C=O) groups excluding carboxylic acids is 2. The number of fused-ring (bicyclic) bond motifs is 1. The lowest BCUT2D eigenvalue weighted by Crippen LogP contribution is -2.30. The maximum Gasteiger partial charge on any atom is 0.233 e. The van der Waals surface area contributed by atoms with Crippen molar-refractivity contribution in [1.29, 1.82) is 0 Å². The molecule has 1 aliphatic heterocycles. The van der Waals surface area contributed by atoms with Crippen LogP contribution in [-0.4, -0.2) is 21.8 Å². The molecule has 2 amide bonds. The fourth-order valence-electron chi connectivity index (χ4n) is 3.32. The summed E-state index contributed by atoms with van der Waals surface area (Å²) in [5, 5.41) is 9.02. The van der Waals surface area contributed by atoms with Gasteiger partial charge in [-0.3, -0.25) is 14.5 Å². The summed E-state index contributed by atoms with van der Waals surface area (Å²) in [7, 11) is 0. The molecule has 0 bridgehead atoms. The lowest BCUT2D eigenvalue weighted by molar-refractivity contribution is -0.140. The first-order valence-electron chi connectivity index (χ1n) is 7.24. The Balaban J connectivity index is 1.76. The number of aliphatic hydroxyl groups excluding tert-OH is 1. The Morgan fingerprint density at radius 3 is 1.95 bits per heavy atom. The summed E-state index contributed by atoms with van der Waals surface area (Å²) in [5.41, 5.74) is 1.77. The Morgan fingerprint density at radius 1 is 0.950 bits per heavy atom. The first-order chi connectivity index (χ1) is 9.70. The van der Waals surface area contributed by atoms with Crippen LogP contribution < -0.4 is 0 Å². The molecule has 0 radical (unpaired) electrons. The van der Waals surface area contributed by atoms with Gasteiger partial charge in [-0.05, 0) is 24.0 Å². The van der Waals surface area contributed by atoms with E-state index in [9.17, 15) is 9.59 Å². The van der Waals surface area contributed by atoms with E-state index < -0.39 is 0 Å². The summed E-state index contributed by atoms with van der Waals surface area (Å²) < 4.78 is 0. The molecule has 4 nitrogen and oxygen atoms in total. The Kier molecular flexibility index (Phi) is 3.57. The second-order valence-corrected chi connectivity index (χ2v) is 5.73. The minimum atomic E-state index is -0.0760. The molecular formula is C16H19NO3. The maximum absolute atomic E-state index is 12.3. The van der Waals surface area contributed by atoms with E-state index >= 15 is 0 Å². The van der Waals surface area contributed by atoms with Gasteiger partial charge in [-0.2, -0.15) is 0 Å². The van der Waals surface area contributed by atoms with E-state index in [0.29, 0.717) is 6.54 Å². The van der Waals surface area contributed by atoms with Crippen LogP contribution in [-0.2, 0) is 22.7 Å². The number of aliphatic hydroxyl groups is 1. The number of rotatable bonds is 3. The molecule has 3 rings (SSSR count). The Morgan fingerprint density at radius 2 is 1.45 bits per heavy atom. The molecule has 0 aromatic heterocycles. The van der Waals surface area contributed by atoms with Gasteiger partial charge in [-0.1, -0.05) is 37.1 Å². The van der Waals surface area contributed by atoms with Crippen molar-refractivity contribution in [3.05, 3.63) is 35.4 Å². The summed E-state index contributed by atoms with van der Waals surface area (Å²) in [6.45, 7) is 0.363. The fourth-order valence-corrected chi connectivity index (χ4v) is 3.32. The van der Waals surface area contributed by atoms with Gasteiger partial charge in [0.25, 0.3) is 0 Å². The molecule has 1 aromatic rings. The van der Waals surface area contributed by atoms with Crippen molar-refractivity contribution in [1.82, 2.24) is 4.90 Å². The van der Waals surface area contributed by atoms with Crippen molar-refractivity contribution in [3.8, 4) is 0 Å². The molecule has 1 N–H and O–H groups in total. The van der Waals surface area contributed by atoms with Gasteiger partial charge in [-0.15, -0.1) is 0 Å². The molecule has 2 atom stereocenters. The van der Waals surface area contributed by atoms with Crippen LogP contribution in [0.4, 0.5) is 0 Å². The Bertz CT molecular complexity index is 499. The van der Waals surface area contributed by atoms with Crippen LogP contribution in [0.5, 0.6) is 0 Å². The standard InChI is InChI=1S/C16H19NO3/c18-10-12-7-5-11(6-8-12)9-17-15(19)13-3-1-2-4-14(13)16(17)20/h5-8,13-14,18H,1-4,9-10H2. The van der Waals surface area contributed by atoms with Crippen LogP contribution in [0.1, 0.15) is 36.8 Å². The SMILES string of the molecule is O=C1C2CCCCC2C(=O)N1Cc1ccc(CO)cc1. The third-order valence-corrected chi connectivity index (χ3v) is 4.48. The smallest absolute Gasteiger partial charge is 0.233 e. The number of benzene rings is 1. The Labute approximate surface area is 118 Å². The van der Waals surface area contributed by atoms with Crippen LogP contribution in [0.25, 0.3) is 0 Å². The number of likely N-dealkylation sites (tertiary alicyclic amines) is 1. The van der Waals surface area contributed by atoms with Crippen molar-refractivity contribution < 1.29 is 14.7 Å². The van der Waals surface area contributed by atoms with Crippen molar-refractivity contribution in [2.24, 2.45) is 11.8 Å². The van der Waals surface area contributed by atoms with Gasteiger partial charge in [0, 0.05) is 0 Å². The second kappa shape index (κ2) is 5.37. The van der Waals surface area contributed by atoms with Gasteiger partial charge in [-0.25, -0.2) is 0 Å². The fraction of sp³-hybridized carbons (Fsp3) is 0.500. The third-order valence-electron chi connectivity index (χ3n) is 4.48. The number of carbonyl (C=O) groups is 2. The lowest BCUT2D eigenvalue weighted by atomic mass is 9.81. The van der Waals surface area contributed by atoms with E-state index in [1.165, 1.54) is 4.90 Å². The van der Waals surface area contributed by atoms with Crippen molar-refractivity contribution in [2.75, 3.05) is 0 Å². The zero-order chi connectivity index (χ0) is 14.1. The first-order valence-corrected chi connectivity index (χ1v) is 7.24. The molecule has 1 saturated carbocycles.